The van der Waals surface area contributed by atoms with E-state index in [0.717, 1.165) is 25.0 Å². The van der Waals surface area contributed by atoms with Gasteiger partial charge in [0.15, 0.2) is 6.10 Å². The molecule has 4 nitrogen and oxygen atoms in total. The fourth-order valence-corrected chi connectivity index (χ4v) is 2.52. The summed E-state index contributed by atoms with van der Waals surface area (Å²) >= 11 is 6.09. The highest BCUT2D eigenvalue weighted by molar-refractivity contribution is 6.31. The van der Waals surface area contributed by atoms with Crippen LogP contribution >= 0.6 is 11.6 Å². The first-order valence-corrected chi connectivity index (χ1v) is 7.64. The molecule has 3 unspecified atom stereocenters. The SMILES string of the molecule is CC(OCC1CCCO1)C(=O)OC(C)c1ccccc1Cl. The number of esters is 1. The smallest absolute Gasteiger partial charge is 0.335 e. The molecule has 1 saturated heterocycles. The van der Waals surface area contributed by atoms with Gasteiger partial charge in [-0.25, -0.2) is 4.79 Å². The largest absolute Gasteiger partial charge is 0.456 e. The van der Waals surface area contributed by atoms with Gasteiger partial charge in [-0.2, -0.15) is 0 Å². The Morgan fingerprint density at radius 2 is 2.19 bits per heavy atom. The van der Waals surface area contributed by atoms with Crippen LogP contribution in [0, 0.1) is 0 Å². The first-order chi connectivity index (χ1) is 10.1. The van der Waals surface area contributed by atoms with Gasteiger partial charge in [-0.3, -0.25) is 0 Å². The van der Waals surface area contributed by atoms with Gasteiger partial charge in [-0.1, -0.05) is 29.8 Å². The van der Waals surface area contributed by atoms with Gasteiger partial charge in [0, 0.05) is 17.2 Å². The zero-order valence-corrected chi connectivity index (χ0v) is 13.1. The third kappa shape index (κ3) is 4.70. The Kier molecular flexibility index (Phi) is 6.03. The maximum Gasteiger partial charge on any atom is 0.335 e. The fraction of sp³-hybridized carbons (Fsp3) is 0.562. The topological polar surface area (TPSA) is 44.8 Å². The van der Waals surface area contributed by atoms with Crippen LogP contribution < -0.4 is 0 Å². The summed E-state index contributed by atoms with van der Waals surface area (Å²) in [7, 11) is 0. The maximum atomic E-state index is 12.0. The summed E-state index contributed by atoms with van der Waals surface area (Å²) in [4.78, 5) is 12.0. The van der Waals surface area contributed by atoms with E-state index in [0.29, 0.717) is 11.6 Å². The van der Waals surface area contributed by atoms with Crippen molar-refractivity contribution in [1.82, 2.24) is 0 Å². The normalized spacial score (nSPS) is 21.0. The van der Waals surface area contributed by atoms with Crippen molar-refractivity contribution in [2.24, 2.45) is 0 Å². The Morgan fingerprint density at radius 3 is 2.86 bits per heavy atom. The number of hydrogen-bond donors (Lipinski definition) is 0. The van der Waals surface area contributed by atoms with Gasteiger partial charge in [0.1, 0.15) is 6.10 Å². The Morgan fingerprint density at radius 1 is 1.43 bits per heavy atom. The third-order valence-corrected chi connectivity index (χ3v) is 3.87. The van der Waals surface area contributed by atoms with Gasteiger partial charge in [-0.15, -0.1) is 0 Å². The van der Waals surface area contributed by atoms with E-state index in [-0.39, 0.29) is 12.1 Å². The van der Waals surface area contributed by atoms with Crippen LogP contribution in [-0.2, 0) is 19.0 Å². The average Bonchev–Trinajstić information content (AvgIpc) is 2.98. The highest BCUT2D eigenvalue weighted by Gasteiger charge is 2.23. The van der Waals surface area contributed by atoms with Crippen molar-refractivity contribution in [3.63, 3.8) is 0 Å². The zero-order valence-electron chi connectivity index (χ0n) is 12.4. The number of ether oxygens (including phenoxy) is 3. The summed E-state index contributed by atoms with van der Waals surface area (Å²) in [6.07, 6.45) is 1.12. The van der Waals surface area contributed by atoms with Crippen LogP contribution in [0.2, 0.25) is 5.02 Å². The highest BCUT2D eigenvalue weighted by atomic mass is 35.5. The third-order valence-electron chi connectivity index (χ3n) is 3.52. The molecular formula is C16H21ClO4. The molecule has 1 aromatic carbocycles. The van der Waals surface area contributed by atoms with Crippen molar-refractivity contribution in [1.29, 1.82) is 0 Å². The summed E-state index contributed by atoms with van der Waals surface area (Å²) < 4.78 is 16.4. The Hall–Kier alpha value is -1.10. The minimum absolute atomic E-state index is 0.0984. The van der Waals surface area contributed by atoms with Crippen molar-refractivity contribution in [2.75, 3.05) is 13.2 Å². The standard InChI is InChI=1S/C16H21ClO4/c1-11(14-7-3-4-8-15(14)17)21-16(18)12(2)20-10-13-6-5-9-19-13/h3-4,7-8,11-13H,5-6,9-10H2,1-2H3. The average molecular weight is 313 g/mol. The van der Waals surface area contributed by atoms with Crippen molar-refractivity contribution in [2.45, 2.75) is 45.0 Å². The van der Waals surface area contributed by atoms with Gasteiger partial charge < -0.3 is 14.2 Å². The molecule has 1 heterocycles. The summed E-state index contributed by atoms with van der Waals surface area (Å²) in [5.41, 5.74) is 0.791. The van der Waals surface area contributed by atoms with E-state index in [9.17, 15) is 4.79 Å². The molecule has 0 saturated carbocycles. The molecule has 1 aliphatic heterocycles. The van der Waals surface area contributed by atoms with E-state index in [4.69, 9.17) is 25.8 Å². The van der Waals surface area contributed by atoms with Crippen LogP contribution in [0.25, 0.3) is 0 Å². The second kappa shape index (κ2) is 7.78. The van der Waals surface area contributed by atoms with Gasteiger partial charge in [0.2, 0.25) is 0 Å². The van der Waals surface area contributed by atoms with Crippen LogP contribution in [0.4, 0.5) is 0 Å². The van der Waals surface area contributed by atoms with E-state index >= 15 is 0 Å². The molecule has 116 valence electrons. The monoisotopic (exact) mass is 312 g/mol. The molecule has 2 rings (SSSR count). The molecule has 1 fully saturated rings. The number of rotatable bonds is 6. The number of carbonyl (C=O) groups is 1. The predicted molar refractivity (Wildman–Crippen MR) is 80.3 cm³/mol. The first-order valence-electron chi connectivity index (χ1n) is 7.26. The van der Waals surface area contributed by atoms with E-state index < -0.39 is 12.2 Å². The second-order valence-electron chi connectivity index (χ2n) is 5.21. The zero-order chi connectivity index (χ0) is 15.2. The fourth-order valence-electron chi connectivity index (χ4n) is 2.23. The minimum Gasteiger partial charge on any atom is -0.456 e. The van der Waals surface area contributed by atoms with Gasteiger partial charge in [0.25, 0.3) is 0 Å². The Balaban J connectivity index is 1.81. The van der Waals surface area contributed by atoms with Gasteiger partial charge in [-0.05, 0) is 32.8 Å². The van der Waals surface area contributed by atoms with Crippen molar-refractivity contribution in [3.05, 3.63) is 34.9 Å². The lowest BCUT2D eigenvalue weighted by Gasteiger charge is -2.19. The minimum atomic E-state index is -0.612. The first kappa shape index (κ1) is 16.3. The molecule has 0 aromatic heterocycles. The van der Waals surface area contributed by atoms with Crippen LogP contribution in [-0.4, -0.2) is 31.4 Å². The number of benzene rings is 1. The molecule has 0 N–H and O–H groups in total. The van der Waals surface area contributed by atoms with Gasteiger partial charge >= 0.3 is 5.97 Å². The van der Waals surface area contributed by atoms with Crippen LogP contribution in [0.1, 0.15) is 38.4 Å². The molecule has 1 aromatic rings. The van der Waals surface area contributed by atoms with E-state index in [1.807, 2.05) is 18.2 Å². The molecular weight excluding hydrogens is 292 g/mol. The van der Waals surface area contributed by atoms with Crippen molar-refractivity contribution >= 4 is 17.6 Å². The predicted octanol–water partition coefficient (Wildman–Crippen LogP) is 3.53. The lowest BCUT2D eigenvalue weighted by molar-refractivity contribution is -0.162. The van der Waals surface area contributed by atoms with E-state index in [2.05, 4.69) is 0 Å². The quantitative estimate of drug-likeness (QED) is 0.754. The molecule has 0 radical (unpaired) electrons. The summed E-state index contributed by atoms with van der Waals surface area (Å²) in [5.74, 6) is -0.389. The molecule has 21 heavy (non-hydrogen) atoms. The molecule has 0 spiro atoms. The van der Waals surface area contributed by atoms with Crippen LogP contribution in [0.15, 0.2) is 24.3 Å². The van der Waals surface area contributed by atoms with E-state index in [1.165, 1.54) is 0 Å². The summed E-state index contributed by atoms with van der Waals surface area (Å²) in [6, 6.07) is 7.33. The molecule has 5 heteroatoms. The number of carbonyl (C=O) groups excluding carboxylic acids is 1. The molecule has 3 atom stereocenters. The lowest BCUT2D eigenvalue weighted by Crippen LogP contribution is -2.28. The number of hydrogen-bond acceptors (Lipinski definition) is 4. The summed E-state index contributed by atoms with van der Waals surface area (Å²) in [5, 5.41) is 0.589. The van der Waals surface area contributed by atoms with Crippen LogP contribution in [0.5, 0.6) is 0 Å². The molecule has 1 aliphatic rings. The van der Waals surface area contributed by atoms with Gasteiger partial charge in [0.05, 0.1) is 12.7 Å². The molecule has 0 aliphatic carbocycles. The molecule has 0 bridgehead atoms. The summed E-state index contributed by atoms with van der Waals surface area (Å²) in [6.45, 7) is 4.69. The lowest BCUT2D eigenvalue weighted by atomic mass is 10.1. The number of halogens is 1. The van der Waals surface area contributed by atoms with E-state index in [1.54, 1.807) is 19.9 Å². The maximum absolute atomic E-state index is 12.0. The molecule has 0 amide bonds. The van der Waals surface area contributed by atoms with Crippen molar-refractivity contribution < 1.29 is 19.0 Å². The highest BCUT2D eigenvalue weighted by Crippen LogP contribution is 2.25. The second-order valence-corrected chi connectivity index (χ2v) is 5.62. The Labute approximate surface area is 130 Å². The van der Waals surface area contributed by atoms with Crippen molar-refractivity contribution in [3.8, 4) is 0 Å². The Bertz CT molecular complexity index is 471. The van der Waals surface area contributed by atoms with Crippen LogP contribution in [0.3, 0.4) is 0 Å².